The van der Waals surface area contributed by atoms with Crippen LogP contribution >= 0.6 is 11.3 Å². The normalized spacial score (nSPS) is 25.6. The van der Waals surface area contributed by atoms with E-state index in [2.05, 4.69) is 12.4 Å². The van der Waals surface area contributed by atoms with Crippen molar-refractivity contribution < 1.29 is 0 Å². The molecule has 106 valence electrons. The number of nitrogens with one attached hydrogen (secondary N) is 1. The largest absolute Gasteiger partial charge is 0.312 e. The van der Waals surface area contributed by atoms with Crippen LogP contribution < -0.4 is 5.32 Å². The summed E-state index contributed by atoms with van der Waals surface area (Å²) in [5, 5.41) is 4.92. The molecule has 0 saturated heterocycles. The first-order chi connectivity index (χ1) is 9.38. The number of aromatic nitrogens is 1. The molecule has 19 heavy (non-hydrogen) atoms. The van der Waals surface area contributed by atoms with Gasteiger partial charge in [0.15, 0.2) is 0 Å². The molecular formula is C16H26N2S. The second kappa shape index (κ2) is 6.36. The summed E-state index contributed by atoms with van der Waals surface area (Å²) in [7, 11) is 2.09. The van der Waals surface area contributed by atoms with Crippen LogP contribution in [0.15, 0.2) is 0 Å². The van der Waals surface area contributed by atoms with Crippen LogP contribution in [0.5, 0.6) is 0 Å². The average molecular weight is 278 g/mol. The van der Waals surface area contributed by atoms with Gasteiger partial charge in [0.25, 0.3) is 0 Å². The third-order valence-corrected chi connectivity index (χ3v) is 6.14. The molecule has 2 aliphatic rings. The number of rotatable bonds is 2. The Hall–Kier alpha value is -0.410. The van der Waals surface area contributed by atoms with Crippen molar-refractivity contribution >= 4 is 11.3 Å². The molecule has 0 aliphatic heterocycles. The van der Waals surface area contributed by atoms with Gasteiger partial charge in [0.05, 0.1) is 10.7 Å². The second-order valence-electron chi connectivity index (χ2n) is 6.14. The van der Waals surface area contributed by atoms with Crippen molar-refractivity contribution in [3.05, 3.63) is 15.6 Å². The van der Waals surface area contributed by atoms with Crippen LogP contribution in [0.3, 0.4) is 0 Å². The molecule has 0 aromatic carbocycles. The minimum atomic E-state index is 0.573. The highest BCUT2D eigenvalue weighted by Gasteiger charge is 2.26. The highest BCUT2D eigenvalue weighted by Crippen LogP contribution is 2.39. The summed E-state index contributed by atoms with van der Waals surface area (Å²) in [6, 6.07) is 0.573. The number of hydrogen-bond donors (Lipinski definition) is 1. The van der Waals surface area contributed by atoms with Crippen LogP contribution in [-0.2, 0) is 6.42 Å². The number of aryl methyl sites for hydroxylation is 1. The van der Waals surface area contributed by atoms with Crippen molar-refractivity contribution in [2.75, 3.05) is 7.05 Å². The summed E-state index contributed by atoms with van der Waals surface area (Å²) in [4.78, 5) is 6.57. The van der Waals surface area contributed by atoms with E-state index in [4.69, 9.17) is 4.98 Å². The minimum Gasteiger partial charge on any atom is -0.312 e. The van der Waals surface area contributed by atoms with E-state index in [-0.39, 0.29) is 0 Å². The van der Waals surface area contributed by atoms with Crippen LogP contribution in [-0.4, -0.2) is 12.0 Å². The average Bonchev–Trinajstić information content (AvgIpc) is 2.81. The van der Waals surface area contributed by atoms with Gasteiger partial charge in [-0.1, -0.05) is 32.1 Å². The molecule has 1 aromatic heterocycles. The third kappa shape index (κ3) is 3.03. The van der Waals surface area contributed by atoms with E-state index in [1.165, 1.54) is 74.9 Å². The molecule has 1 aromatic rings. The lowest BCUT2D eigenvalue weighted by Gasteiger charge is -2.20. The number of fused-ring (bicyclic) bond motifs is 1. The van der Waals surface area contributed by atoms with Crippen molar-refractivity contribution in [2.24, 2.45) is 0 Å². The van der Waals surface area contributed by atoms with Gasteiger partial charge in [0, 0.05) is 16.8 Å². The first kappa shape index (κ1) is 13.6. The summed E-state index contributed by atoms with van der Waals surface area (Å²) in [6.45, 7) is 0. The third-order valence-electron chi connectivity index (χ3n) is 4.77. The van der Waals surface area contributed by atoms with E-state index in [1.807, 2.05) is 11.3 Å². The highest BCUT2D eigenvalue weighted by atomic mass is 32.1. The molecule has 2 nitrogen and oxygen atoms in total. The Morgan fingerprint density at radius 1 is 1.00 bits per heavy atom. The number of thiazole rings is 1. The van der Waals surface area contributed by atoms with E-state index < -0.39 is 0 Å². The molecule has 1 unspecified atom stereocenters. The molecule has 1 N–H and O–H groups in total. The molecule has 0 spiro atoms. The lowest BCUT2D eigenvalue weighted by molar-refractivity contribution is 0.453. The Kier molecular flexibility index (Phi) is 4.54. The van der Waals surface area contributed by atoms with Gasteiger partial charge in [-0.15, -0.1) is 11.3 Å². The molecule has 0 amide bonds. The Morgan fingerprint density at radius 2 is 1.74 bits per heavy atom. The topological polar surface area (TPSA) is 24.9 Å². The maximum Gasteiger partial charge on any atom is 0.0962 e. The lowest BCUT2D eigenvalue weighted by atomic mass is 9.91. The molecule has 1 fully saturated rings. The van der Waals surface area contributed by atoms with Gasteiger partial charge in [-0.25, -0.2) is 4.98 Å². The van der Waals surface area contributed by atoms with Crippen molar-refractivity contribution in [1.29, 1.82) is 0 Å². The van der Waals surface area contributed by atoms with Crippen LogP contribution in [0.25, 0.3) is 0 Å². The summed E-state index contributed by atoms with van der Waals surface area (Å²) < 4.78 is 0. The first-order valence-electron chi connectivity index (χ1n) is 8.05. The molecular weight excluding hydrogens is 252 g/mol. The summed E-state index contributed by atoms with van der Waals surface area (Å²) in [6.07, 6.45) is 13.7. The molecule has 3 heteroatoms. The number of nitrogens with zero attached hydrogens (tertiary/aromatic N) is 1. The van der Waals surface area contributed by atoms with Crippen molar-refractivity contribution in [2.45, 2.75) is 76.2 Å². The van der Waals surface area contributed by atoms with Gasteiger partial charge in [0.1, 0.15) is 0 Å². The fourth-order valence-corrected chi connectivity index (χ4v) is 5.02. The SMILES string of the molecule is CNC1CCCc2nc(C3CCCCCCC3)sc21. The van der Waals surface area contributed by atoms with E-state index in [0.29, 0.717) is 6.04 Å². The summed E-state index contributed by atoms with van der Waals surface area (Å²) in [5.41, 5.74) is 1.41. The van der Waals surface area contributed by atoms with Gasteiger partial charge in [-0.2, -0.15) is 0 Å². The minimum absolute atomic E-state index is 0.573. The lowest BCUT2D eigenvalue weighted by Crippen LogP contribution is -2.19. The maximum atomic E-state index is 5.02. The molecule has 1 saturated carbocycles. The Balaban J connectivity index is 1.78. The quantitative estimate of drug-likeness (QED) is 0.857. The van der Waals surface area contributed by atoms with E-state index in [0.717, 1.165) is 5.92 Å². The fourth-order valence-electron chi connectivity index (χ4n) is 3.59. The Labute approximate surface area is 121 Å². The molecule has 0 bridgehead atoms. The van der Waals surface area contributed by atoms with Crippen LogP contribution in [0.1, 0.15) is 85.3 Å². The van der Waals surface area contributed by atoms with E-state index >= 15 is 0 Å². The zero-order valence-electron chi connectivity index (χ0n) is 12.1. The number of hydrogen-bond acceptors (Lipinski definition) is 3. The van der Waals surface area contributed by atoms with E-state index in [9.17, 15) is 0 Å². The standard InChI is InChI=1S/C16H26N2S/c1-17-13-10-7-11-14-15(13)19-16(18-14)12-8-5-3-2-4-6-9-12/h12-13,17H,2-11H2,1H3. The predicted octanol–water partition coefficient (Wildman–Crippen LogP) is 4.57. The van der Waals surface area contributed by atoms with Gasteiger partial charge in [-0.05, 0) is 39.2 Å². The van der Waals surface area contributed by atoms with E-state index in [1.54, 1.807) is 4.88 Å². The van der Waals surface area contributed by atoms with Crippen molar-refractivity contribution in [3.8, 4) is 0 Å². The van der Waals surface area contributed by atoms with Crippen molar-refractivity contribution in [1.82, 2.24) is 10.3 Å². The van der Waals surface area contributed by atoms with Crippen LogP contribution in [0.2, 0.25) is 0 Å². The zero-order chi connectivity index (χ0) is 13.1. The first-order valence-corrected chi connectivity index (χ1v) is 8.87. The molecule has 1 heterocycles. The molecule has 3 rings (SSSR count). The predicted molar refractivity (Wildman–Crippen MR) is 81.9 cm³/mol. The molecule has 0 radical (unpaired) electrons. The Bertz CT molecular complexity index is 405. The fraction of sp³-hybridized carbons (Fsp3) is 0.812. The smallest absolute Gasteiger partial charge is 0.0962 e. The molecule has 1 atom stereocenters. The maximum absolute atomic E-state index is 5.02. The highest BCUT2D eigenvalue weighted by molar-refractivity contribution is 7.12. The van der Waals surface area contributed by atoms with Crippen LogP contribution in [0, 0.1) is 0 Å². The van der Waals surface area contributed by atoms with Gasteiger partial charge >= 0.3 is 0 Å². The monoisotopic (exact) mass is 278 g/mol. The Morgan fingerprint density at radius 3 is 2.47 bits per heavy atom. The summed E-state index contributed by atoms with van der Waals surface area (Å²) >= 11 is 2.02. The zero-order valence-corrected chi connectivity index (χ0v) is 12.9. The van der Waals surface area contributed by atoms with Crippen molar-refractivity contribution in [3.63, 3.8) is 0 Å². The summed E-state index contributed by atoms with van der Waals surface area (Å²) in [5.74, 6) is 0.758. The van der Waals surface area contributed by atoms with Gasteiger partial charge < -0.3 is 5.32 Å². The van der Waals surface area contributed by atoms with Crippen LogP contribution in [0.4, 0.5) is 0 Å². The second-order valence-corrected chi connectivity index (χ2v) is 7.20. The molecule has 2 aliphatic carbocycles. The van der Waals surface area contributed by atoms with Gasteiger partial charge in [0.2, 0.25) is 0 Å². The van der Waals surface area contributed by atoms with Gasteiger partial charge in [-0.3, -0.25) is 0 Å².